The van der Waals surface area contributed by atoms with Crippen LogP contribution in [0.2, 0.25) is 5.15 Å². The van der Waals surface area contributed by atoms with E-state index in [4.69, 9.17) is 36.1 Å². The number of hydrogen-bond acceptors (Lipinski definition) is 9. The third-order valence-corrected chi connectivity index (χ3v) is 5.64. The standard InChI is InChI=1S/C19H25ClN5O6P/c1-28-10-15(30-9-14-5-3-2-4-6-14)11-31-32(26,27)13-29-8-7-25-12-22-16-17(20)23-19(21)24-18(16)25/h2-6,12,15H,7-11,13H2,1H3,(H,26,27)(H2,21,23,24)/t15-/m1/s1. The van der Waals surface area contributed by atoms with E-state index in [9.17, 15) is 9.46 Å². The van der Waals surface area contributed by atoms with Crippen molar-refractivity contribution in [3.63, 3.8) is 0 Å². The lowest BCUT2D eigenvalue weighted by molar-refractivity contribution is -0.0366. The van der Waals surface area contributed by atoms with Crippen LogP contribution in [-0.4, -0.2) is 63.8 Å². The molecule has 1 aromatic carbocycles. The van der Waals surface area contributed by atoms with E-state index in [1.165, 1.54) is 13.4 Å². The van der Waals surface area contributed by atoms with Gasteiger partial charge in [-0.05, 0) is 5.56 Å². The highest BCUT2D eigenvalue weighted by Gasteiger charge is 2.23. The summed E-state index contributed by atoms with van der Waals surface area (Å²) in [5.74, 6) is 0.0264. The molecule has 11 nitrogen and oxygen atoms in total. The fraction of sp³-hybridized carbons (Fsp3) is 0.421. The van der Waals surface area contributed by atoms with Gasteiger partial charge >= 0.3 is 7.60 Å². The fourth-order valence-corrected chi connectivity index (χ4v) is 3.84. The molecule has 1 unspecified atom stereocenters. The summed E-state index contributed by atoms with van der Waals surface area (Å²) in [6.45, 7) is 0.873. The smallest absolute Gasteiger partial charge is 0.353 e. The number of nitrogens with two attached hydrogens (primary N) is 1. The van der Waals surface area contributed by atoms with E-state index in [2.05, 4.69) is 15.0 Å². The second kappa shape index (κ2) is 11.7. The molecule has 2 atom stereocenters. The maximum Gasteiger partial charge on any atom is 0.353 e. The lowest BCUT2D eigenvalue weighted by Crippen LogP contribution is -2.25. The number of hydrogen-bond donors (Lipinski definition) is 2. The molecule has 0 radical (unpaired) electrons. The van der Waals surface area contributed by atoms with Gasteiger partial charge in [-0.2, -0.15) is 9.97 Å². The maximum absolute atomic E-state index is 12.3. The van der Waals surface area contributed by atoms with Gasteiger partial charge in [0.2, 0.25) is 5.95 Å². The third-order valence-electron chi connectivity index (χ3n) is 4.31. The summed E-state index contributed by atoms with van der Waals surface area (Å²) in [5.41, 5.74) is 7.46. The molecule has 0 aliphatic rings. The van der Waals surface area contributed by atoms with Crippen LogP contribution in [-0.2, 0) is 36.5 Å². The molecular formula is C19H25ClN5O6P. The molecule has 0 aliphatic carbocycles. The Morgan fingerprint density at radius 2 is 2.03 bits per heavy atom. The number of nitrogen functional groups attached to an aromatic ring is 1. The number of imidazole rings is 1. The molecule has 0 saturated carbocycles. The quantitative estimate of drug-likeness (QED) is 0.210. The summed E-state index contributed by atoms with van der Waals surface area (Å²) < 4.78 is 35.3. The molecule has 0 bridgehead atoms. The second-order valence-electron chi connectivity index (χ2n) is 6.83. The number of halogens is 1. The lowest BCUT2D eigenvalue weighted by atomic mass is 10.2. The largest absolute Gasteiger partial charge is 0.382 e. The number of methoxy groups -OCH3 is 1. The van der Waals surface area contributed by atoms with E-state index in [0.29, 0.717) is 24.3 Å². The molecular weight excluding hydrogens is 461 g/mol. The predicted octanol–water partition coefficient (Wildman–Crippen LogP) is 2.47. The Morgan fingerprint density at radius 1 is 1.25 bits per heavy atom. The Balaban J connectivity index is 1.43. The first-order valence-electron chi connectivity index (χ1n) is 9.70. The van der Waals surface area contributed by atoms with E-state index < -0.39 is 20.0 Å². The highest BCUT2D eigenvalue weighted by atomic mass is 35.5. The van der Waals surface area contributed by atoms with Crippen LogP contribution in [0.4, 0.5) is 5.95 Å². The van der Waals surface area contributed by atoms with E-state index in [1.54, 1.807) is 4.57 Å². The Kier molecular flexibility index (Phi) is 8.94. The van der Waals surface area contributed by atoms with Crippen molar-refractivity contribution < 1.29 is 28.2 Å². The van der Waals surface area contributed by atoms with Gasteiger partial charge in [-0.25, -0.2) is 4.98 Å². The molecule has 0 spiro atoms. The molecule has 0 fully saturated rings. The minimum absolute atomic E-state index is 0.0264. The minimum atomic E-state index is -3.99. The van der Waals surface area contributed by atoms with Crippen LogP contribution in [0.3, 0.4) is 0 Å². The van der Waals surface area contributed by atoms with Crippen LogP contribution in [0.25, 0.3) is 11.2 Å². The summed E-state index contributed by atoms with van der Waals surface area (Å²) in [6.07, 6.45) is 0.533. The number of aromatic nitrogens is 4. The van der Waals surface area contributed by atoms with Crippen LogP contribution in [0.1, 0.15) is 5.56 Å². The lowest BCUT2D eigenvalue weighted by Gasteiger charge is -2.19. The fourth-order valence-electron chi connectivity index (χ4n) is 2.79. The van der Waals surface area contributed by atoms with Gasteiger partial charge in [0.05, 0.1) is 32.8 Å². The van der Waals surface area contributed by atoms with Crippen LogP contribution < -0.4 is 5.73 Å². The highest BCUT2D eigenvalue weighted by Crippen LogP contribution is 2.41. The summed E-state index contributed by atoms with van der Waals surface area (Å²) in [6, 6.07) is 9.57. The van der Waals surface area contributed by atoms with Crippen LogP contribution in [0.15, 0.2) is 36.7 Å². The van der Waals surface area contributed by atoms with E-state index >= 15 is 0 Å². The van der Waals surface area contributed by atoms with Crippen LogP contribution in [0, 0.1) is 0 Å². The zero-order valence-electron chi connectivity index (χ0n) is 17.5. The van der Waals surface area contributed by atoms with Gasteiger partial charge in [0, 0.05) is 13.7 Å². The van der Waals surface area contributed by atoms with Gasteiger partial charge in [0.25, 0.3) is 0 Å². The Morgan fingerprint density at radius 3 is 2.78 bits per heavy atom. The Hall–Kier alpha value is -2.11. The number of ether oxygens (including phenoxy) is 3. The molecule has 32 heavy (non-hydrogen) atoms. The number of nitrogens with zero attached hydrogens (tertiary/aromatic N) is 4. The van der Waals surface area contributed by atoms with Crippen LogP contribution in [0.5, 0.6) is 0 Å². The summed E-state index contributed by atoms with van der Waals surface area (Å²) in [7, 11) is -2.47. The highest BCUT2D eigenvalue weighted by molar-refractivity contribution is 7.52. The van der Waals surface area contributed by atoms with Gasteiger partial charge in [-0.1, -0.05) is 41.9 Å². The van der Waals surface area contributed by atoms with Gasteiger partial charge in [0.1, 0.15) is 18.0 Å². The molecule has 0 aliphatic heterocycles. The molecule has 3 N–H and O–H groups in total. The molecule has 0 saturated heterocycles. The van der Waals surface area contributed by atoms with Crippen molar-refractivity contribution >= 4 is 36.3 Å². The number of fused-ring (bicyclic) bond motifs is 1. The van der Waals surface area contributed by atoms with Crippen LogP contribution >= 0.6 is 19.2 Å². The Bertz CT molecular complexity index is 1050. The van der Waals surface area contributed by atoms with Crippen molar-refractivity contribution in [2.45, 2.75) is 19.3 Å². The minimum Gasteiger partial charge on any atom is -0.382 e. The first-order valence-corrected chi connectivity index (χ1v) is 11.8. The van der Waals surface area contributed by atoms with E-state index in [1.807, 2.05) is 30.3 Å². The summed E-state index contributed by atoms with van der Waals surface area (Å²) in [4.78, 5) is 22.1. The van der Waals surface area contributed by atoms with Crippen molar-refractivity contribution in [2.24, 2.45) is 0 Å². The van der Waals surface area contributed by atoms with Crippen molar-refractivity contribution in [2.75, 3.05) is 39.0 Å². The van der Waals surface area contributed by atoms with Gasteiger partial charge < -0.3 is 33.9 Å². The van der Waals surface area contributed by atoms with E-state index in [-0.39, 0.29) is 30.9 Å². The van der Waals surface area contributed by atoms with Crippen molar-refractivity contribution in [1.29, 1.82) is 0 Å². The first kappa shape index (κ1) is 24.5. The third kappa shape index (κ3) is 7.21. The summed E-state index contributed by atoms with van der Waals surface area (Å²) >= 11 is 5.99. The monoisotopic (exact) mass is 485 g/mol. The molecule has 3 rings (SSSR count). The summed E-state index contributed by atoms with van der Waals surface area (Å²) in [5, 5.41) is 0.153. The molecule has 13 heteroatoms. The van der Waals surface area contributed by atoms with Gasteiger partial charge in [0.15, 0.2) is 10.8 Å². The van der Waals surface area contributed by atoms with Crippen molar-refractivity contribution in [1.82, 2.24) is 19.5 Å². The van der Waals surface area contributed by atoms with Crippen molar-refractivity contribution in [3.05, 3.63) is 47.4 Å². The molecule has 2 heterocycles. The number of benzene rings is 1. The maximum atomic E-state index is 12.3. The average molecular weight is 486 g/mol. The SMILES string of the molecule is COC[C@H](COP(=O)(O)COCCn1cnc2c(Cl)nc(N)nc21)OCc1ccccc1. The normalized spacial score (nSPS) is 14.5. The number of anilines is 1. The molecule has 3 aromatic rings. The molecule has 174 valence electrons. The van der Waals surface area contributed by atoms with E-state index in [0.717, 1.165) is 5.56 Å². The first-order chi connectivity index (χ1) is 15.4. The average Bonchev–Trinajstić information content (AvgIpc) is 3.17. The second-order valence-corrected chi connectivity index (χ2v) is 8.98. The predicted molar refractivity (Wildman–Crippen MR) is 118 cm³/mol. The number of rotatable bonds is 13. The zero-order valence-corrected chi connectivity index (χ0v) is 19.1. The van der Waals surface area contributed by atoms with Gasteiger partial charge in [-0.15, -0.1) is 0 Å². The van der Waals surface area contributed by atoms with Gasteiger partial charge in [-0.3, -0.25) is 4.57 Å². The zero-order chi connectivity index (χ0) is 23.0. The molecule has 0 amide bonds. The Labute approximate surface area is 190 Å². The van der Waals surface area contributed by atoms with Crippen molar-refractivity contribution in [3.8, 4) is 0 Å². The molecule has 2 aromatic heterocycles. The topological polar surface area (TPSA) is 144 Å².